The molecule has 4 aromatic rings. The quantitative estimate of drug-likeness (QED) is 0.296. The van der Waals surface area contributed by atoms with E-state index in [0.717, 1.165) is 46.9 Å². The number of para-hydroxylation sites is 1. The van der Waals surface area contributed by atoms with Crippen LogP contribution in [0.5, 0.6) is 5.88 Å². The van der Waals surface area contributed by atoms with E-state index in [0.29, 0.717) is 19.2 Å². The Morgan fingerprint density at radius 3 is 2.56 bits per heavy atom. The summed E-state index contributed by atoms with van der Waals surface area (Å²) < 4.78 is 8.19. The zero-order valence-electron chi connectivity index (χ0n) is 18.2. The lowest BCUT2D eigenvalue weighted by molar-refractivity contribution is 0.220. The molecule has 1 aliphatic rings. The molecular formula is C27H28ClN3O. The normalized spacial score (nSPS) is 16.6. The predicted octanol–water partition coefficient (Wildman–Crippen LogP) is 6.34. The van der Waals surface area contributed by atoms with Gasteiger partial charge < -0.3 is 4.74 Å². The van der Waals surface area contributed by atoms with Gasteiger partial charge in [-0.2, -0.15) is 0 Å². The minimum absolute atomic E-state index is 0.538. The van der Waals surface area contributed by atoms with Crippen molar-refractivity contribution in [2.75, 3.05) is 19.7 Å². The number of ether oxygens (including phenoxy) is 1. The Labute approximate surface area is 194 Å². The number of aromatic nitrogens is 2. The highest BCUT2D eigenvalue weighted by Crippen LogP contribution is 2.32. The van der Waals surface area contributed by atoms with Crippen molar-refractivity contribution in [1.82, 2.24) is 14.7 Å². The van der Waals surface area contributed by atoms with Crippen LogP contribution in [0.15, 0.2) is 78.9 Å². The molecule has 0 N–H and O–H groups in total. The Bertz CT molecular complexity index is 1160. The molecule has 1 saturated heterocycles. The second-order valence-corrected chi connectivity index (χ2v) is 8.85. The number of halogens is 1. The van der Waals surface area contributed by atoms with Gasteiger partial charge in [-0.1, -0.05) is 66.2 Å². The van der Waals surface area contributed by atoms with Gasteiger partial charge in [-0.15, -0.1) is 5.10 Å². The van der Waals surface area contributed by atoms with Crippen LogP contribution < -0.4 is 4.74 Å². The molecule has 4 nitrogen and oxygen atoms in total. The van der Waals surface area contributed by atoms with E-state index in [2.05, 4.69) is 47.4 Å². The van der Waals surface area contributed by atoms with Crippen LogP contribution in [0.2, 0.25) is 5.02 Å². The van der Waals surface area contributed by atoms with Gasteiger partial charge in [-0.3, -0.25) is 9.58 Å². The molecule has 2 heterocycles. The van der Waals surface area contributed by atoms with Gasteiger partial charge in [0.05, 0.1) is 24.1 Å². The zero-order chi connectivity index (χ0) is 21.8. The van der Waals surface area contributed by atoms with Gasteiger partial charge in [0.15, 0.2) is 0 Å². The summed E-state index contributed by atoms with van der Waals surface area (Å²) in [6, 6.07) is 27.6. The number of rotatable bonds is 8. The molecule has 5 rings (SSSR count). The number of nitrogens with zero attached hydrogens (tertiary/aromatic N) is 3. The SMILES string of the molecule is Clc1ccc(Cn2nc(OCCCN3CCCC3c3ccccc3)c3ccccc32)cc1. The molecule has 1 aliphatic heterocycles. The van der Waals surface area contributed by atoms with Crippen molar-refractivity contribution in [1.29, 1.82) is 0 Å². The molecule has 1 fully saturated rings. The summed E-state index contributed by atoms with van der Waals surface area (Å²) in [7, 11) is 0. The average Bonchev–Trinajstić information content (AvgIpc) is 3.44. The van der Waals surface area contributed by atoms with Gasteiger partial charge >= 0.3 is 0 Å². The van der Waals surface area contributed by atoms with Crippen molar-refractivity contribution in [2.45, 2.75) is 31.8 Å². The lowest BCUT2D eigenvalue weighted by Crippen LogP contribution is -2.25. The summed E-state index contributed by atoms with van der Waals surface area (Å²) in [5.41, 5.74) is 3.68. The fourth-order valence-corrected chi connectivity index (χ4v) is 4.80. The van der Waals surface area contributed by atoms with E-state index in [9.17, 15) is 0 Å². The first-order valence-corrected chi connectivity index (χ1v) is 11.8. The van der Waals surface area contributed by atoms with Gasteiger partial charge in [-0.05, 0) is 61.2 Å². The van der Waals surface area contributed by atoms with E-state index < -0.39 is 0 Å². The van der Waals surface area contributed by atoms with Crippen LogP contribution >= 0.6 is 11.6 Å². The molecule has 0 bridgehead atoms. The maximum Gasteiger partial charge on any atom is 0.240 e. The molecule has 0 spiro atoms. The highest BCUT2D eigenvalue weighted by atomic mass is 35.5. The second kappa shape index (κ2) is 9.76. The molecule has 0 saturated carbocycles. The van der Waals surface area contributed by atoms with Crippen molar-refractivity contribution in [2.24, 2.45) is 0 Å². The van der Waals surface area contributed by atoms with Gasteiger partial charge in [-0.25, -0.2) is 0 Å². The smallest absolute Gasteiger partial charge is 0.240 e. The van der Waals surface area contributed by atoms with E-state index >= 15 is 0 Å². The fourth-order valence-electron chi connectivity index (χ4n) is 4.67. The number of fused-ring (bicyclic) bond motifs is 1. The van der Waals surface area contributed by atoms with Crippen LogP contribution in [0.3, 0.4) is 0 Å². The molecule has 32 heavy (non-hydrogen) atoms. The number of likely N-dealkylation sites (tertiary alicyclic amines) is 1. The monoisotopic (exact) mass is 445 g/mol. The minimum atomic E-state index is 0.538. The molecule has 164 valence electrons. The predicted molar refractivity (Wildman–Crippen MR) is 130 cm³/mol. The Hall–Kier alpha value is -2.82. The van der Waals surface area contributed by atoms with Crippen LogP contribution in [0.4, 0.5) is 0 Å². The molecule has 0 radical (unpaired) electrons. The maximum absolute atomic E-state index is 6.18. The van der Waals surface area contributed by atoms with E-state index in [-0.39, 0.29) is 0 Å². The molecular weight excluding hydrogens is 418 g/mol. The van der Waals surface area contributed by atoms with Gasteiger partial charge in [0.1, 0.15) is 0 Å². The van der Waals surface area contributed by atoms with Crippen molar-refractivity contribution in [3.8, 4) is 5.88 Å². The first kappa shape index (κ1) is 21.0. The van der Waals surface area contributed by atoms with Gasteiger partial charge in [0.25, 0.3) is 0 Å². The number of hydrogen-bond acceptors (Lipinski definition) is 3. The van der Waals surface area contributed by atoms with Crippen LogP contribution in [0.1, 0.15) is 36.4 Å². The lowest BCUT2D eigenvalue weighted by atomic mass is 10.0. The largest absolute Gasteiger partial charge is 0.476 e. The molecule has 1 unspecified atom stereocenters. The molecule has 0 aliphatic carbocycles. The lowest BCUT2D eigenvalue weighted by Gasteiger charge is -2.24. The third-order valence-electron chi connectivity index (χ3n) is 6.25. The van der Waals surface area contributed by atoms with E-state index in [4.69, 9.17) is 21.4 Å². The van der Waals surface area contributed by atoms with Crippen LogP contribution in [0, 0.1) is 0 Å². The van der Waals surface area contributed by atoms with Crippen molar-refractivity contribution in [3.05, 3.63) is 95.0 Å². The minimum Gasteiger partial charge on any atom is -0.476 e. The van der Waals surface area contributed by atoms with Gasteiger partial charge in [0, 0.05) is 17.6 Å². The summed E-state index contributed by atoms with van der Waals surface area (Å²) in [5.74, 6) is 0.718. The highest BCUT2D eigenvalue weighted by molar-refractivity contribution is 6.30. The topological polar surface area (TPSA) is 30.3 Å². The maximum atomic E-state index is 6.18. The molecule has 1 aromatic heterocycles. The zero-order valence-corrected chi connectivity index (χ0v) is 18.9. The fraction of sp³-hybridized carbons (Fsp3) is 0.296. The van der Waals surface area contributed by atoms with Crippen molar-refractivity contribution in [3.63, 3.8) is 0 Å². The summed E-state index contributed by atoms with van der Waals surface area (Å²) in [5, 5.41) is 6.59. The third-order valence-corrected chi connectivity index (χ3v) is 6.50. The Morgan fingerprint density at radius 2 is 1.72 bits per heavy atom. The van der Waals surface area contributed by atoms with Crippen LogP contribution in [-0.2, 0) is 6.54 Å². The Balaban J connectivity index is 1.22. The molecule has 5 heteroatoms. The second-order valence-electron chi connectivity index (χ2n) is 8.41. The summed E-state index contributed by atoms with van der Waals surface area (Å²) in [4.78, 5) is 2.59. The van der Waals surface area contributed by atoms with Gasteiger partial charge in [0.2, 0.25) is 5.88 Å². The molecule has 3 aromatic carbocycles. The number of benzene rings is 3. The van der Waals surface area contributed by atoms with E-state index in [1.54, 1.807) is 0 Å². The van der Waals surface area contributed by atoms with E-state index in [1.807, 2.05) is 41.1 Å². The summed E-state index contributed by atoms with van der Waals surface area (Å²) >= 11 is 6.03. The molecule has 1 atom stereocenters. The van der Waals surface area contributed by atoms with Crippen molar-refractivity contribution >= 4 is 22.5 Å². The first-order valence-electron chi connectivity index (χ1n) is 11.4. The Kier molecular flexibility index (Phi) is 6.42. The highest BCUT2D eigenvalue weighted by Gasteiger charge is 2.25. The average molecular weight is 446 g/mol. The standard InChI is InChI=1S/C27H28ClN3O/c28-23-15-13-21(14-16-23)20-31-26-11-5-4-10-24(26)27(29-31)32-19-7-18-30-17-6-12-25(30)22-8-2-1-3-9-22/h1-5,8-11,13-16,25H,6-7,12,17-20H2. The summed E-state index contributed by atoms with van der Waals surface area (Å²) in [6.07, 6.45) is 3.49. The van der Waals surface area contributed by atoms with Crippen molar-refractivity contribution < 1.29 is 4.74 Å². The van der Waals surface area contributed by atoms with Crippen LogP contribution in [0.25, 0.3) is 10.9 Å². The number of hydrogen-bond donors (Lipinski definition) is 0. The third kappa shape index (κ3) is 4.67. The van der Waals surface area contributed by atoms with Crippen LogP contribution in [-0.4, -0.2) is 34.4 Å². The Morgan fingerprint density at radius 1 is 0.938 bits per heavy atom. The molecule has 0 amide bonds. The summed E-state index contributed by atoms with van der Waals surface area (Å²) in [6.45, 7) is 3.56. The first-order chi connectivity index (χ1) is 15.8. The van der Waals surface area contributed by atoms with E-state index in [1.165, 1.54) is 18.4 Å².